The van der Waals surface area contributed by atoms with Crippen LogP contribution in [0.3, 0.4) is 0 Å². The molecule has 134 valence electrons. The van der Waals surface area contributed by atoms with E-state index < -0.39 is 0 Å². The summed E-state index contributed by atoms with van der Waals surface area (Å²) >= 11 is 0. The number of fused-ring (bicyclic) bond motifs is 1. The molecule has 1 heterocycles. The summed E-state index contributed by atoms with van der Waals surface area (Å²) in [6.07, 6.45) is 9.04. The third-order valence-corrected chi connectivity index (χ3v) is 7.51. The van der Waals surface area contributed by atoms with E-state index in [4.69, 9.17) is 0 Å². The molecule has 0 saturated heterocycles. The Bertz CT molecular complexity index is 647. The van der Waals surface area contributed by atoms with Gasteiger partial charge in [0.25, 0.3) is 0 Å². The Hall–Kier alpha value is -1.35. The predicted octanol–water partition coefficient (Wildman–Crippen LogP) is 3.52. The molecule has 0 unspecified atom stereocenters. The molecule has 1 aromatic carbocycles. The molecular formula is C22H30N2O. The van der Waals surface area contributed by atoms with Crippen LogP contribution in [-0.2, 0) is 17.8 Å². The maximum absolute atomic E-state index is 13.1. The Balaban J connectivity index is 1.27. The van der Waals surface area contributed by atoms with Gasteiger partial charge < -0.3 is 5.32 Å². The smallest absolute Gasteiger partial charge is 0.237 e. The molecule has 4 bridgehead atoms. The number of hydrogen-bond acceptors (Lipinski definition) is 2. The summed E-state index contributed by atoms with van der Waals surface area (Å²) in [5.41, 5.74) is 2.98. The van der Waals surface area contributed by atoms with Crippen LogP contribution in [0.5, 0.6) is 0 Å². The van der Waals surface area contributed by atoms with Gasteiger partial charge in [-0.1, -0.05) is 24.3 Å². The van der Waals surface area contributed by atoms with Crippen molar-refractivity contribution in [2.75, 3.05) is 6.54 Å². The van der Waals surface area contributed by atoms with Crippen LogP contribution in [0.4, 0.5) is 0 Å². The van der Waals surface area contributed by atoms with Gasteiger partial charge >= 0.3 is 0 Å². The van der Waals surface area contributed by atoms with Gasteiger partial charge in [-0.3, -0.25) is 9.69 Å². The van der Waals surface area contributed by atoms with E-state index in [9.17, 15) is 4.79 Å². The number of carbonyl (C=O) groups excluding carboxylic acids is 1. The number of amides is 1. The van der Waals surface area contributed by atoms with Crippen molar-refractivity contribution >= 4 is 5.91 Å². The molecule has 1 aliphatic heterocycles. The minimum atomic E-state index is -0.0265. The number of hydrogen-bond donors (Lipinski definition) is 1. The van der Waals surface area contributed by atoms with E-state index in [-0.39, 0.29) is 17.5 Å². The van der Waals surface area contributed by atoms with Gasteiger partial charge in [0.2, 0.25) is 5.91 Å². The molecule has 0 spiro atoms. The highest BCUT2D eigenvalue weighted by Gasteiger charge is 2.51. The fraction of sp³-hybridized carbons (Fsp3) is 0.682. The van der Waals surface area contributed by atoms with Crippen LogP contribution in [0.2, 0.25) is 0 Å². The highest BCUT2D eigenvalue weighted by Crippen LogP contribution is 2.55. The van der Waals surface area contributed by atoms with Crippen molar-refractivity contribution in [2.45, 2.75) is 70.0 Å². The third-order valence-electron chi connectivity index (χ3n) is 7.51. The number of rotatable bonds is 3. The highest BCUT2D eigenvalue weighted by atomic mass is 16.2. The van der Waals surface area contributed by atoms with E-state index in [1.807, 2.05) is 0 Å². The van der Waals surface area contributed by atoms with E-state index in [1.165, 1.54) is 49.7 Å². The molecule has 6 rings (SSSR count). The van der Waals surface area contributed by atoms with E-state index in [2.05, 4.69) is 41.4 Å². The first kappa shape index (κ1) is 15.9. The topological polar surface area (TPSA) is 32.3 Å². The zero-order valence-electron chi connectivity index (χ0n) is 15.3. The molecule has 0 aromatic heterocycles. The number of benzene rings is 1. The summed E-state index contributed by atoms with van der Waals surface area (Å²) in [7, 11) is 0. The average Bonchev–Trinajstić information content (AvgIpc) is 2.59. The summed E-state index contributed by atoms with van der Waals surface area (Å²) in [6, 6.07) is 8.65. The van der Waals surface area contributed by atoms with Crippen molar-refractivity contribution < 1.29 is 4.79 Å². The van der Waals surface area contributed by atoms with Gasteiger partial charge in [0.1, 0.15) is 0 Å². The summed E-state index contributed by atoms with van der Waals surface area (Å²) < 4.78 is 0. The number of carbonyl (C=O) groups is 1. The van der Waals surface area contributed by atoms with Crippen LogP contribution < -0.4 is 5.32 Å². The molecule has 4 fully saturated rings. The monoisotopic (exact) mass is 338 g/mol. The Labute approximate surface area is 151 Å². The summed E-state index contributed by atoms with van der Waals surface area (Å²) in [4.78, 5) is 15.4. The molecule has 3 heteroatoms. The first-order chi connectivity index (χ1) is 12.1. The highest BCUT2D eigenvalue weighted by molar-refractivity contribution is 5.82. The normalized spacial score (nSPS) is 37.6. The fourth-order valence-electron chi connectivity index (χ4n) is 6.64. The largest absolute Gasteiger partial charge is 0.349 e. The third kappa shape index (κ3) is 2.81. The van der Waals surface area contributed by atoms with Crippen LogP contribution >= 0.6 is 0 Å². The van der Waals surface area contributed by atoms with Crippen molar-refractivity contribution in [2.24, 2.45) is 17.8 Å². The molecule has 3 nitrogen and oxygen atoms in total. The van der Waals surface area contributed by atoms with Crippen LogP contribution in [0.1, 0.15) is 56.6 Å². The van der Waals surface area contributed by atoms with Crippen molar-refractivity contribution in [3.8, 4) is 0 Å². The predicted molar refractivity (Wildman–Crippen MR) is 99.1 cm³/mol. The maximum Gasteiger partial charge on any atom is 0.237 e. The van der Waals surface area contributed by atoms with Crippen LogP contribution in [-0.4, -0.2) is 28.9 Å². The number of nitrogens with one attached hydrogen (secondary N) is 1. The van der Waals surface area contributed by atoms with Gasteiger partial charge in [-0.2, -0.15) is 0 Å². The SMILES string of the molecule is C[C@H](C(=O)NC12CC3CC(CC(C3)C1)C2)N1CCc2ccccc2C1. The van der Waals surface area contributed by atoms with Gasteiger partial charge in [-0.05, 0) is 80.8 Å². The standard InChI is InChI=1S/C22H30N2O/c1-15(24-7-6-19-4-2-3-5-20(19)14-24)21(25)23-22-11-16-8-17(12-22)10-18(9-16)13-22/h2-5,15-18H,6-14H2,1H3,(H,23,25)/t15-,16?,17?,18?,22?/m1/s1. The summed E-state index contributed by atoms with van der Waals surface area (Å²) in [5.74, 6) is 2.90. The maximum atomic E-state index is 13.1. The van der Waals surface area contributed by atoms with Crippen LogP contribution in [0.15, 0.2) is 24.3 Å². The Morgan fingerprint density at radius 2 is 1.68 bits per heavy atom. The molecule has 5 aliphatic rings. The lowest BCUT2D eigenvalue weighted by atomic mass is 9.53. The first-order valence-electron chi connectivity index (χ1n) is 10.2. The van der Waals surface area contributed by atoms with E-state index in [0.717, 1.165) is 37.3 Å². The molecule has 0 radical (unpaired) electrons. The van der Waals surface area contributed by atoms with Crippen molar-refractivity contribution in [3.05, 3.63) is 35.4 Å². The molecule has 25 heavy (non-hydrogen) atoms. The van der Waals surface area contributed by atoms with E-state index >= 15 is 0 Å². The van der Waals surface area contributed by atoms with Crippen molar-refractivity contribution in [3.63, 3.8) is 0 Å². The lowest BCUT2D eigenvalue weighted by Crippen LogP contribution is -2.62. The summed E-state index contributed by atoms with van der Waals surface area (Å²) in [5, 5.41) is 3.56. The molecule has 4 aliphatic carbocycles. The van der Waals surface area contributed by atoms with Gasteiger partial charge in [-0.15, -0.1) is 0 Å². The molecule has 1 N–H and O–H groups in total. The lowest BCUT2D eigenvalue weighted by Gasteiger charge is -2.57. The minimum absolute atomic E-state index is 0.0265. The van der Waals surface area contributed by atoms with Crippen LogP contribution in [0, 0.1) is 17.8 Å². The van der Waals surface area contributed by atoms with Gasteiger partial charge in [-0.25, -0.2) is 0 Å². The molecular weight excluding hydrogens is 308 g/mol. The van der Waals surface area contributed by atoms with Crippen molar-refractivity contribution in [1.82, 2.24) is 10.2 Å². The Morgan fingerprint density at radius 3 is 2.32 bits per heavy atom. The Morgan fingerprint density at radius 1 is 1.08 bits per heavy atom. The van der Waals surface area contributed by atoms with Gasteiger partial charge in [0.05, 0.1) is 6.04 Å². The average molecular weight is 338 g/mol. The van der Waals surface area contributed by atoms with Gasteiger partial charge in [0.15, 0.2) is 0 Å². The van der Waals surface area contributed by atoms with Crippen molar-refractivity contribution in [1.29, 1.82) is 0 Å². The number of nitrogens with zero attached hydrogens (tertiary/aromatic N) is 1. The zero-order valence-corrected chi connectivity index (χ0v) is 15.3. The minimum Gasteiger partial charge on any atom is -0.349 e. The second-order valence-electron chi connectivity index (χ2n) is 9.35. The zero-order chi connectivity index (χ0) is 17.0. The second kappa shape index (κ2) is 5.84. The molecule has 1 amide bonds. The van der Waals surface area contributed by atoms with Gasteiger partial charge in [0, 0.05) is 18.6 Å². The quantitative estimate of drug-likeness (QED) is 0.914. The molecule has 4 saturated carbocycles. The second-order valence-corrected chi connectivity index (χ2v) is 9.35. The first-order valence-corrected chi connectivity index (χ1v) is 10.2. The molecule has 1 atom stereocenters. The van der Waals surface area contributed by atoms with Crippen LogP contribution in [0.25, 0.3) is 0 Å². The molecule has 1 aromatic rings. The van der Waals surface area contributed by atoms with E-state index in [1.54, 1.807) is 0 Å². The van der Waals surface area contributed by atoms with E-state index in [0.29, 0.717) is 0 Å². The Kier molecular flexibility index (Phi) is 3.70. The summed E-state index contributed by atoms with van der Waals surface area (Å²) in [6.45, 7) is 4.00. The fourth-order valence-corrected chi connectivity index (χ4v) is 6.64. The lowest BCUT2D eigenvalue weighted by molar-refractivity contribution is -0.132.